The number of aliphatic hydroxyl groups is 1. The van der Waals surface area contributed by atoms with Gasteiger partial charge in [-0.25, -0.2) is 4.39 Å². The Morgan fingerprint density at radius 1 is 1.18 bits per heavy atom. The molecule has 0 bridgehead atoms. The first-order chi connectivity index (χ1) is 8.22. The molecule has 2 nitrogen and oxygen atoms in total. The van der Waals surface area contributed by atoms with Crippen LogP contribution in [-0.4, -0.2) is 17.8 Å². The van der Waals surface area contributed by atoms with Crippen LogP contribution in [0.3, 0.4) is 0 Å². The molecule has 1 atom stereocenters. The second-order valence-corrected chi connectivity index (χ2v) is 4.22. The lowest BCUT2D eigenvalue weighted by Gasteiger charge is -2.12. The molecule has 0 aliphatic carbocycles. The predicted molar refractivity (Wildman–Crippen MR) is 67.3 cm³/mol. The Kier molecular flexibility index (Phi) is 3.71. The smallest absolute Gasteiger partial charge is 0.131 e. The van der Waals surface area contributed by atoms with Crippen molar-refractivity contribution in [2.45, 2.75) is 19.5 Å². The summed E-state index contributed by atoms with van der Waals surface area (Å²) >= 11 is 0. The third-order valence-electron chi connectivity index (χ3n) is 2.88. The summed E-state index contributed by atoms with van der Waals surface area (Å²) in [7, 11) is 0. The van der Waals surface area contributed by atoms with E-state index in [9.17, 15) is 4.39 Å². The Labute approximate surface area is 100 Å². The van der Waals surface area contributed by atoms with Crippen molar-refractivity contribution in [1.29, 1.82) is 0 Å². The van der Waals surface area contributed by atoms with Gasteiger partial charge in [0.1, 0.15) is 5.82 Å². The Morgan fingerprint density at radius 3 is 2.59 bits per heavy atom. The molecule has 0 saturated carbocycles. The van der Waals surface area contributed by atoms with E-state index in [0.29, 0.717) is 11.9 Å². The van der Waals surface area contributed by atoms with Crippen LogP contribution < -0.4 is 5.32 Å². The zero-order chi connectivity index (χ0) is 12.3. The van der Waals surface area contributed by atoms with Crippen molar-refractivity contribution in [2.24, 2.45) is 0 Å². The Hall–Kier alpha value is -1.45. The van der Waals surface area contributed by atoms with Gasteiger partial charge in [-0.3, -0.25) is 0 Å². The molecule has 0 fully saturated rings. The van der Waals surface area contributed by atoms with Crippen LogP contribution in [0.4, 0.5) is 4.39 Å². The molecule has 2 rings (SSSR count). The van der Waals surface area contributed by atoms with Crippen molar-refractivity contribution in [1.82, 2.24) is 5.32 Å². The SMILES string of the molecule is CC(CO)NCc1ccc(F)c2ccccc12. The Bertz CT molecular complexity index is 513. The molecule has 0 radical (unpaired) electrons. The fourth-order valence-electron chi connectivity index (χ4n) is 1.83. The Morgan fingerprint density at radius 2 is 1.88 bits per heavy atom. The highest BCUT2D eigenvalue weighted by Gasteiger charge is 2.06. The second kappa shape index (κ2) is 5.25. The molecule has 2 aromatic rings. The average molecular weight is 233 g/mol. The molecular formula is C14H16FNO. The molecule has 0 aliphatic heterocycles. The van der Waals surface area contributed by atoms with Crippen molar-refractivity contribution in [3.05, 3.63) is 47.8 Å². The monoisotopic (exact) mass is 233 g/mol. The number of nitrogens with one attached hydrogen (secondary N) is 1. The molecule has 0 aromatic heterocycles. The number of halogens is 1. The van der Waals surface area contributed by atoms with E-state index < -0.39 is 0 Å². The van der Waals surface area contributed by atoms with E-state index in [0.717, 1.165) is 10.9 Å². The van der Waals surface area contributed by atoms with Crippen molar-refractivity contribution in [3.63, 3.8) is 0 Å². The first-order valence-corrected chi connectivity index (χ1v) is 5.72. The molecule has 2 N–H and O–H groups in total. The number of hydrogen-bond donors (Lipinski definition) is 2. The second-order valence-electron chi connectivity index (χ2n) is 4.22. The minimum absolute atomic E-state index is 0.0406. The van der Waals surface area contributed by atoms with Gasteiger partial charge in [0, 0.05) is 18.0 Å². The summed E-state index contributed by atoms with van der Waals surface area (Å²) in [6.07, 6.45) is 0. The first-order valence-electron chi connectivity index (χ1n) is 5.72. The third-order valence-corrected chi connectivity index (χ3v) is 2.88. The van der Waals surface area contributed by atoms with Gasteiger partial charge in [0.15, 0.2) is 0 Å². The molecule has 0 aliphatic rings. The molecule has 0 spiro atoms. The van der Waals surface area contributed by atoms with Crippen LogP contribution >= 0.6 is 0 Å². The molecular weight excluding hydrogens is 217 g/mol. The molecule has 0 saturated heterocycles. The number of aliphatic hydroxyl groups excluding tert-OH is 1. The summed E-state index contributed by atoms with van der Waals surface area (Å²) in [6.45, 7) is 2.63. The lowest BCUT2D eigenvalue weighted by molar-refractivity contribution is 0.251. The molecule has 2 aromatic carbocycles. The predicted octanol–water partition coefficient (Wildman–Crippen LogP) is 2.45. The van der Waals surface area contributed by atoms with E-state index in [1.165, 1.54) is 6.07 Å². The summed E-state index contributed by atoms with van der Waals surface area (Å²) in [6, 6.07) is 10.7. The molecule has 3 heteroatoms. The van der Waals surface area contributed by atoms with Gasteiger partial charge in [-0.15, -0.1) is 0 Å². The van der Waals surface area contributed by atoms with Gasteiger partial charge in [-0.2, -0.15) is 0 Å². The zero-order valence-corrected chi connectivity index (χ0v) is 9.78. The van der Waals surface area contributed by atoms with Gasteiger partial charge in [-0.05, 0) is 23.9 Å². The first kappa shape index (κ1) is 12.0. The van der Waals surface area contributed by atoms with Gasteiger partial charge in [0.25, 0.3) is 0 Å². The lowest BCUT2D eigenvalue weighted by atomic mass is 10.0. The van der Waals surface area contributed by atoms with Crippen LogP contribution in [0.15, 0.2) is 36.4 Å². The fourth-order valence-corrected chi connectivity index (χ4v) is 1.83. The quantitative estimate of drug-likeness (QED) is 0.850. The molecule has 1 unspecified atom stereocenters. The van der Waals surface area contributed by atoms with Gasteiger partial charge < -0.3 is 10.4 Å². The van der Waals surface area contributed by atoms with Gasteiger partial charge in [0.05, 0.1) is 6.61 Å². The molecule has 0 heterocycles. The van der Waals surface area contributed by atoms with Crippen molar-refractivity contribution >= 4 is 10.8 Å². The van der Waals surface area contributed by atoms with E-state index in [2.05, 4.69) is 5.32 Å². The average Bonchev–Trinajstić information content (AvgIpc) is 2.38. The van der Waals surface area contributed by atoms with Crippen LogP contribution in [0, 0.1) is 5.82 Å². The van der Waals surface area contributed by atoms with E-state index >= 15 is 0 Å². The maximum atomic E-state index is 13.6. The lowest BCUT2D eigenvalue weighted by Crippen LogP contribution is -2.28. The number of rotatable bonds is 4. The highest BCUT2D eigenvalue weighted by Crippen LogP contribution is 2.21. The minimum atomic E-state index is -0.195. The Balaban J connectivity index is 2.32. The van der Waals surface area contributed by atoms with Crippen LogP contribution in [0.5, 0.6) is 0 Å². The fraction of sp³-hybridized carbons (Fsp3) is 0.286. The summed E-state index contributed by atoms with van der Waals surface area (Å²) in [5.74, 6) is -0.195. The largest absolute Gasteiger partial charge is 0.395 e. The topological polar surface area (TPSA) is 32.3 Å². The summed E-state index contributed by atoms with van der Waals surface area (Å²) < 4.78 is 13.6. The normalized spacial score (nSPS) is 12.9. The van der Waals surface area contributed by atoms with Crippen LogP contribution in [0.1, 0.15) is 12.5 Å². The molecule has 90 valence electrons. The van der Waals surface area contributed by atoms with Crippen molar-refractivity contribution in [2.75, 3.05) is 6.61 Å². The van der Waals surface area contributed by atoms with E-state index in [4.69, 9.17) is 5.11 Å². The third kappa shape index (κ3) is 2.62. The number of benzene rings is 2. The zero-order valence-electron chi connectivity index (χ0n) is 9.78. The minimum Gasteiger partial charge on any atom is -0.395 e. The highest BCUT2D eigenvalue weighted by molar-refractivity contribution is 5.86. The van der Waals surface area contributed by atoms with E-state index in [-0.39, 0.29) is 18.5 Å². The van der Waals surface area contributed by atoms with Gasteiger partial charge >= 0.3 is 0 Å². The standard InChI is InChI=1S/C14H16FNO/c1-10(9-17)16-8-11-6-7-14(15)13-5-3-2-4-12(11)13/h2-7,10,16-17H,8-9H2,1H3. The van der Waals surface area contributed by atoms with Gasteiger partial charge in [0.2, 0.25) is 0 Å². The summed E-state index contributed by atoms with van der Waals surface area (Å²) in [5, 5.41) is 13.7. The maximum absolute atomic E-state index is 13.6. The van der Waals surface area contributed by atoms with Crippen LogP contribution in [-0.2, 0) is 6.54 Å². The van der Waals surface area contributed by atoms with Gasteiger partial charge in [-0.1, -0.05) is 30.3 Å². The van der Waals surface area contributed by atoms with Crippen LogP contribution in [0.25, 0.3) is 10.8 Å². The number of hydrogen-bond acceptors (Lipinski definition) is 2. The van der Waals surface area contributed by atoms with Crippen molar-refractivity contribution < 1.29 is 9.50 Å². The summed E-state index contributed by atoms with van der Waals surface area (Å²) in [5.41, 5.74) is 1.04. The van der Waals surface area contributed by atoms with E-state index in [1.807, 2.05) is 25.1 Å². The van der Waals surface area contributed by atoms with Crippen molar-refractivity contribution in [3.8, 4) is 0 Å². The molecule has 17 heavy (non-hydrogen) atoms. The van der Waals surface area contributed by atoms with E-state index in [1.54, 1.807) is 12.1 Å². The number of fused-ring (bicyclic) bond motifs is 1. The molecule has 0 amide bonds. The summed E-state index contributed by atoms with van der Waals surface area (Å²) in [4.78, 5) is 0. The van der Waals surface area contributed by atoms with Crippen LogP contribution in [0.2, 0.25) is 0 Å². The highest BCUT2D eigenvalue weighted by atomic mass is 19.1. The maximum Gasteiger partial charge on any atom is 0.131 e.